The third-order valence-electron chi connectivity index (χ3n) is 2.85. The summed E-state index contributed by atoms with van der Waals surface area (Å²) in [5.74, 6) is 1.37. The SMILES string of the molecule is CC1COCC1CNC(=C(Br)[N+](=O)[O-])N(C)C. The second-order valence-electron chi connectivity index (χ2n) is 4.45. The Morgan fingerprint density at radius 2 is 2.24 bits per heavy atom. The lowest BCUT2D eigenvalue weighted by Gasteiger charge is -2.20. The number of nitro groups is 1. The average Bonchev–Trinajstić information content (AvgIpc) is 2.63. The third kappa shape index (κ3) is 3.85. The van der Waals surface area contributed by atoms with Crippen molar-refractivity contribution in [1.29, 1.82) is 0 Å². The molecule has 0 saturated carbocycles. The van der Waals surface area contributed by atoms with Gasteiger partial charge in [0.1, 0.15) is 0 Å². The highest BCUT2D eigenvalue weighted by molar-refractivity contribution is 9.11. The molecule has 1 aliphatic heterocycles. The van der Waals surface area contributed by atoms with E-state index >= 15 is 0 Å². The Morgan fingerprint density at radius 1 is 1.59 bits per heavy atom. The molecule has 1 aliphatic rings. The summed E-state index contributed by atoms with van der Waals surface area (Å²) in [6.07, 6.45) is 0. The van der Waals surface area contributed by atoms with Crippen molar-refractivity contribution >= 4 is 15.9 Å². The number of rotatable bonds is 5. The molecule has 0 aromatic heterocycles. The van der Waals surface area contributed by atoms with Gasteiger partial charge in [-0.1, -0.05) is 6.92 Å². The van der Waals surface area contributed by atoms with E-state index in [-0.39, 0.29) is 4.61 Å². The highest BCUT2D eigenvalue weighted by Crippen LogP contribution is 2.20. The Kier molecular flexibility index (Phi) is 5.20. The van der Waals surface area contributed by atoms with Crippen LogP contribution in [0.5, 0.6) is 0 Å². The van der Waals surface area contributed by atoms with E-state index in [9.17, 15) is 10.1 Å². The lowest BCUT2D eigenvalue weighted by molar-refractivity contribution is -0.411. The van der Waals surface area contributed by atoms with Gasteiger partial charge < -0.3 is 15.0 Å². The number of ether oxygens (including phenoxy) is 1. The summed E-state index contributed by atoms with van der Waals surface area (Å²) >= 11 is 2.98. The number of hydrogen-bond donors (Lipinski definition) is 1. The lowest BCUT2D eigenvalue weighted by Crippen LogP contribution is -2.33. The predicted octanol–water partition coefficient (Wildman–Crippen LogP) is 1.22. The van der Waals surface area contributed by atoms with Gasteiger partial charge in [0.2, 0.25) is 0 Å². The minimum atomic E-state index is -0.448. The van der Waals surface area contributed by atoms with Gasteiger partial charge in [-0.2, -0.15) is 0 Å². The fourth-order valence-electron chi connectivity index (χ4n) is 1.70. The van der Waals surface area contributed by atoms with Crippen LogP contribution in [-0.2, 0) is 4.74 Å². The van der Waals surface area contributed by atoms with Gasteiger partial charge in [-0.25, -0.2) is 0 Å². The molecule has 98 valence electrons. The van der Waals surface area contributed by atoms with E-state index in [0.29, 0.717) is 30.8 Å². The molecule has 0 spiro atoms. The molecular formula is C10H18BrN3O3. The maximum absolute atomic E-state index is 10.7. The van der Waals surface area contributed by atoms with Crippen LogP contribution in [-0.4, -0.2) is 43.7 Å². The Labute approximate surface area is 109 Å². The van der Waals surface area contributed by atoms with Crippen molar-refractivity contribution in [1.82, 2.24) is 10.2 Å². The van der Waals surface area contributed by atoms with Crippen molar-refractivity contribution in [3.63, 3.8) is 0 Å². The topological polar surface area (TPSA) is 67.6 Å². The Hall–Kier alpha value is -0.820. The zero-order valence-electron chi connectivity index (χ0n) is 10.3. The largest absolute Gasteiger partial charge is 0.381 e. The van der Waals surface area contributed by atoms with Gasteiger partial charge in [0.05, 0.1) is 11.5 Å². The van der Waals surface area contributed by atoms with Gasteiger partial charge in [-0.3, -0.25) is 10.1 Å². The number of nitrogens with one attached hydrogen (secondary N) is 1. The summed E-state index contributed by atoms with van der Waals surface area (Å²) < 4.78 is 5.31. The van der Waals surface area contributed by atoms with Crippen molar-refractivity contribution in [2.45, 2.75) is 6.92 Å². The molecule has 1 fully saturated rings. The molecule has 0 aromatic carbocycles. The van der Waals surface area contributed by atoms with Gasteiger partial charge in [0, 0.05) is 49.1 Å². The molecule has 7 heteroatoms. The molecular weight excluding hydrogens is 290 g/mol. The van der Waals surface area contributed by atoms with E-state index in [4.69, 9.17) is 4.74 Å². The van der Waals surface area contributed by atoms with Crippen molar-refractivity contribution in [3.05, 3.63) is 20.5 Å². The maximum Gasteiger partial charge on any atom is 0.350 e. The molecule has 1 rings (SSSR count). The highest BCUT2D eigenvalue weighted by atomic mass is 79.9. The predicted molar refractivity (Wildman–Crippen MR) is 68.1 cm³/mol. The second-order valence-corrected chi connectivity index (χ2v) is 5.20. The summed E-state index contributed by atoms with van der Waals surface area (Å²) in [5, 5.41) is 13.8. The first-order valence-corrected chi connectivity index (χ1v) is 6.26. The summed E-state index contributed by atoms with van der Waals surface area (Å²) in [5.41, 5.74) is 0. The van der Waals surface area contributed by atoms with E-state index in [1.165, 1.54) is 0 Å². The van der Waals surface area contributed by atoms with Gasteiger partial charge in [0.15, 0.2) is 5.82 Å². The Bertz CT molecular complexity index is 320. The molecule has 1 saturated heterocycles. The molecule has 0 radical (unpaired) electrons. The first-order chi connectivity index (χ1) is 7.93. The first-order valence-electron chi connectivity index (χ1n) is 5.46. The molecule has 0 bridgehead atoms. The fourth-order valence-corrected chi connectivity index (χ4v) is 2.19. The lowest BCUT2D eigenvalue weighted by atomic mass is 9.98. The second kappa shape index (κ2) is 6.20. The molecule has 2 atom stereocenters. The van der Waals surface area contributed by atoms with Crippen LogP contribution < -0.4 is 5.32 Å². The van der Waals surface area contributed by atoms with Crippen LogP contribution in [0.25, 0.3) is 0 Å². The van der Waals surface area contributed by atoms with Crippen molar-refractivity contribution in [2.75, 3.05) is 33.9 Å². The summed E-state index contributed by atoms with van der Waals surface area (Å²) in [6.45, 7) is 4.29. The molecule has 0 amide bonds. The van der Waals surface area contributed by atoms with Crippen molar-refractivity contribution in [2.24, 2.45) is 11.8 Å². The molecule has 0 aromatic rings. The van der Waals surface area contributed by atoms with Gasteiger partial charge in [-0.05, 0) is 5.92 Å². The maximum atomic E-state index is 10.7. The zero-order chi connectivity index (χ0) is 13.0. The molecule has 0 aliphatic carbocycles. The first kappa shape index (κ1) is 14.2. The van der Waals surface area contributed by atoms with Crippen LogP contribution in [0.2, 0.25) is 0 Å². The molecule has 2 unspecified atom stereocenters. The minimum Gasteiger partial charge on any atom is -0.381 e. The van der Waals surface area contributed by atoms with E-state index in [2.05, 4.69) is 28.2 Å². The van der Waals surface area contributed by atoms with Crippen LogP contribution in [0.4, 0.5) is 0 Å². The highest BCUT2D eigenvalue weighted by Gasteiger charge is 2.25. The smallest absolute Gasteiger partial charge is 0.350 e. The fraction of sp³-hybridized carbons (Fsp3) is 0.800. The standard InChI is InChI=1S/C10H18BrN3O3/c1-7-5-17-6-8(7)4-12-10(13(2)3)9(11)14(15)16/h7-8,12H,4-6H2,1-3H3. The van der Waals surface area contributed by atoms with Crippen LogP contribution in [0, 0.1) is 22.0 Å². The van der Waals surface area contributed by atoms with Crippen LogP contribution in [0.1, 0.15) is 6.92 Å². The summed E-state index contributed by atoms with van der Waals surface area (Å²) in [7, 11) is 3.53. The molecule has 6 nitrogen and oxygen atoms in total. The van der Waals surface area contributed by atoms with E-state index < -0.39 is 4.92 Å². The van der Waals surface area contributed by atoms with Crippen LogP contribution >= 0.6 is 15.9 Å². The van der Waals surface area contributed by atoms with Gasteiger partial charge in [0.25, 0.3) is 0 Å². The minimum absolute atomic E-state index is 0.0472. The van der Waals surface area contributed by atoms with Gasteiger partial charge >= 0.3 is 4.61 Å². The van der Waals surface area contributed by atoms with Gasteiger partial charge in [-0.15, -0.1) is 0 Å². The number of halogens is 1. The summed E-state index contributed by atoms with van der Waals surface area (Å²) in [6, 6.07) is 0. The molecule has 17 heavy (non-hydrogen) atoms. The normalized spacial score (nSPS) is 25.4. The average molecular weight is 308 g/mol. The van der Waals surface area contributed by atoms with E-state index in [0.717, 1.165) is 6.61 Å². The zero-order valence-corrected chi connectivity index (χ0v) is 11.9. The van der Waals surface area contributed by atoms with Crippen LogP contribution in [0.15, 0.2) is 10.4 Å². The third-order valence-corrected chi connectivity index (χ3v) is 3.52. The Morgan fingerprint density at radius 3 is 2.65 bits per heavy atom. The number of hydrogen-bond acceptors (Lipinski definition) is 5. The van der Waals surface area contributed by atoms with Crippen molar-refractivity contribution < 1.29 is 9.66 Å². The monoisotopic (exact) mass is 307 g/mol. The van der Waals surface area contributed by atoms with E-state index in [1.54, 1.807) is 19.0 Å². The quantitative estimate of drug-likeness (QED) is 0.470. The number of nitrogens with zero attached hydrogens (tertiary/aromatic N) is 2. The van der Waals surface area contributed by atoms with Crippen LogP contribution in [0.3, 0.4) is 0 Å². The van der Waals surface area contributed by atoms with E-state index in [1.807, 2.05) is 0 Å². The Balaban J connectivity index is 2.62. The summed E-state index contributed by atoms with van der Waals surface area (Å²) in [4.78, 5) is 12.0. The van der Waals surface area contributed by atoms with Crippen molar-refractivity contribution in [3.8, 4) is 0 Å². The molecule has 1 heterocycles. The molecule has 1 N–H and O–H groups in total.